The lowest BCUT2D eigenvalue weighted by atomic mass is 10.3. The number of carbonyl (C=O) groups excluding carboxylic acids is 1. The molecular weight excluding hydrogens is 257 g/mol. The van der Waals surface area contributed by atoms with E-state index in [9.17, 15) is 18.0 Å². The minimum absolute atomic E-state index is 0.0831. The maximum atomic E-state index is 12.1. The molecule has 0 aliphatic carbocycles. The molecule has 0 aromatic heterocycles. The molecule has 0 spiro atoms. The van der Waals surface area contributed by atoms with Gasteiger partial charge in [-0.2, -0.15) is 18.3 Å². The van der Waals surface area contributed by atoms with Crippen LogP contribution in [0.3, 0.4) is 0 Å². The van der Waals surface area contributed by atoms with Gasteiger partial charge < -0.3 is 0 Å². The molecule has 5 nitrogen and oxygen atoms in total. The molecule has 0 atom stereocenters. The molecule has 1 aliphatic heterocycles. The Bertz CT molecular complexity index is 422. The number of alkyl halides is 3. The molecule has 9 heteroatoms. The molecule has 1 fully saturated rings. The maximum Gasteiger partial charge on any atom is 0.446 e. The fraction of sp³-hybridized carbons (Fsp3) is 0.125. The first-order chi connectivity index (χ1) is 7.94. The van der Waals surface area contributed by atoms with Crippen LogP contribution in [-0.2, 0) is 0 Å². The molecule has 1 aromatic rings. The van der Waals surface area contributed by atoms with Crippen LogP contribution in [0, 0.1) is 0 Å². The molecule has 2 rings (SSSR count). The van der Waals surface area contributed by atoms with Gasteiger partial charge in [-0.05, 0) is 36.0 Å². The molecule has 1 aromatic carbocycles. The number of nitrogens with zero attached hydrogens (tertiary/aromatic N) is 1. The summed E-state index contributed by atoms with van der Waals surface area (Å²) in [7, 11) is 0. The number of halogens is 3. The van der Waals surface area contributed by atoms with Gasteiger partial charge in [-0.25, -0.2) is 10.2 Å². The van der Waals surface area contributed by atoms with E-state index in [0.29, 0.717) is 5.69 Å². The van der Waals surface area contributed by atoms with Gasteiger partial charge in [0.25, 0.3) is 0 Å². The van der Waals surface area contributed by atoms with Crippen molar-refractivity contribution in [2.75, 3.05) is 5.12 Å². The van der Waals surface area contributed by atoms with E-state index in [1.54, 1.807) is 0 Å². The van der Waals surface area contributed by atoms with Crippen molar-refractivity contribution in [3.8, 4) is 0 Å². The van der Waals surface area contributed by atoms with Crippen molar-refractivity contribution in [1.29, 1.82) is 0 Å². The SMILES string of the molecule is O=C1NNN(c2ccc(SC(F)(F)F)cc2)N1. The second-order valence-electron chi connectivity index (χ2n) is 3.05. The first kappa shape index (κ1) is 11.9. The Balaban J connectivity index is 2.05. The number of hydrazine groups is 3. The molecule has 1 aliphatic rings. The molecule has 2 amide bonds. The van der Waals surface area contributed by atoms with Crippen LogP contribution < -0.4 is 21.5 Å². The number of urea groups is 1. The Kier molecular flexibility index (Phi) is 3.03. The highest BCUT2D eigenvalue weighted by Gasteiger charge is 2.29. The monoisotopic (exact) mass is 264 g/mol. The van der Waals surface area contributed by atoms with Gasteiger partial charge in [-0.15, -0.1) is 5.53 Å². The van der Waals surface area contributed by atoms with Crippen molar-refractivity contribution in [2.24, 2.45) is 0 Å². The lowest BCUT2D eigenvalue weighted by molar-refractivity contribution is -0.0328. The van der Waals surface area contributed by atoms with Crippen LogP contribution in [0.15, 0.2) is 29.2 Å². The van der Waals surface area contributed by atoms with E-state index in [4.69, 9.17) is 0 Å². The van der Waals surface area contributed by atoms with Gasteiger partial charge in [0.15, 0.2) is 0 Å². The topological polar surface area (TPSA) is 56.4 Å². The second-order valence-corrected chi connectivity index (χ2v) is 4.19. The van der Waals surface area contributed by atoms with Crippen LogP contribution in [0.5, 0.6) is 0 Å². The largest absolute Gasteiger partial charge is 0.446 e. The average molecular weight is 264 g/mol. The van der Waals surface area contributed by atoms with Crippen LogP contribution in [0.4, 0.5) is 23.7 Å². The number of hydrogen-bond donors (Lipinski definition) is 3. The molecule has 1 saturated heterocycles. The second kappa shape index (κ2) is 4.34. The van der Waals surface area contributed by atoms with Gasteiger partial charge in [-0.3, -0.25) is 5.43 Å². The van der Waals surface area contributed by atoms with Crippen LogP contribution >= 0.6 is 11.8 Å². The smallest absolute Gasteiger partial charge is 0.252 e. The maximum absolute atomic E-state index is 12.1. The Labute approximate surface area is 98.3 Å². The standard InChI is InChI=1S/C8H7F3N4OS/c9-8(10,11)17-6-3-1-5(2-4-6)15-13-7(16)12-14-15/h1-4,14H,(H2,12,13,16). The molecule has 1 heterocycles. The van der Waals surface area contributed by atoms with Gasteiger partial charge in [0.2, 0.25) is 0 Å². The minimum atomic E-state index is -4.30. The van der Waals surface area contributed by atoms with Crippen LogP contribution in [0.2, 0.25) is 0 Å². The zero-order valence-corrected chi connectivity index (χ0v) is 9.02. The van der Waals surface area contributed by atoms with Gasteiger partial charge in [0, 0.05) is 4.90 Å². The predicted molar refractivity (Wildman–Crippen MR) is 55.6 cm³/mol. The third-order valence-corrected chi connectivity index (χ3v) is 2.56. The van der Waals surface area contributed by atoms with Crippen LogP contribution in [-0.4, -0.2) is 11.5 Å². The minimum Gasteiger partial charge on any atom is -0.252 e. The Morgan fingerprint density at radius 1 is 1.18 bits per heavy atom. The fourth-order valence-electron chi connectivity index (χ4n) is 1.19. The summed E-state index contributed by atoms with van der Waals surface area (Å²) in [6.07, 6.45) is 0. The summed E-state index contributed by atoms with van der Waals surface area (Å²) in [6, 6.07) is 5.10. The van der Waals surface area contributed by atoms with E-state index in [1.165, 1.54) is 29.4 Å². The average Bonchev–Trinajstić information content (AvgIpc) is 2.63. The third-order valence-electron chi connectivity index (χ3n) is 1.82. The molecule has 3 N–H and O–H groups in total. The van der Waals surface area contributed by atoms with E-state index >= 15 is 0 Å². The molecular formula is C8H7F3N4OS. The number of hydrogen-bond acceptors (Lipinski definition) is 4. The summed E-state index contributed by atoms with van der Waals surface area (Å²) in [5, 5.41) is 1.25. The first-order valence-corrected chi connectivity index (χ1v) is 5.24. The van der Waals surface area contributed by atoms with Gasteiger partial charge in [0.05, 0.1) is 5.69 Å². The lowest BCUT2D eigenvalue weighted by Crippen LogP contribution is -2.40. The Morgan fingerprint density at radius 2 is 1.82 bits per heavy atom. The summed E-state index contributed by atoms with van der Waals surface area (Å²) >= 11 is -0.189. The van der Waals surface area contributed by atoms with Gasteiger partial charge >= 0.3 is 11.5 Å². The summed E-state index contributed by atoms with van der Waals surface area (Å²) in [6.45, 7) is 0. The number of carbonyl (C=O) groups is 1. The van der Waals surface area contributed by atoms with Crippen molar-refractivity contribution < 1.29 is 18.0 Å². The quantitative estimate of drug-likeness (QED) is 0.712. The highest BCUT2D eigenvalue weighted by molar-refractivity contribution is 8.00. The molecule has 17 heavy (non-hydrogen) atoms. The van der Waals surface area contributed by atoms with Crippen molar-refractivity contribution in [3.05, 3.63) is 24.3 Å². The highest BCUT2D eigenvalue weighted by Crippen LogP contribution is 2.37. The Morgan fingerprint density at radius 3 is 2.29 bits per heavy atom. The van der Waals surface area contributed by atoms with Gasteiger partial charge in [0.1, 0.15) is 0 Å². The van der Waals surface area contributed by atoms with E-state index in [0.717, 1.165) is 0 Å². The number of rotatable bonds is 2. The fourth-order valence-corrected chi connectivity index (χ4v) is 1.73. The number of benzene rings is 1. The number of thioether (sulfide) groups is 1. The van der Waals surface area contributed by atoms with E-state index < -0.39 is 11.5 Å². The first-order valence-electron chi connectivity index (χ1n) is 4.42. The molecule has 0 unspecified atom stereocenters. The molecule has 0 bridgehead atoms. The summed E-state index contributed by atoms with van der Waals surface area (Å²) < 4.78 is 36.2. The predicted octanol–water partition coefficient (Wildman–Crippen LogP) is 1.75. The van der Waals surface area contributed by atoms with E-state index in [-0.39, 0.29) is 16.7 Å². The zero-order chi connectivity index (χ0) is 12.5. The van der Waals surface area contributed by atoms with Crippen LogP contribution in [0.1, 0.15) is 0 Å². The third kappa shape index (κ3) is 3.17. The van der Waals surface area contributed by atoms with Crippen LogP contribution in [0.25, 0.3) is 0 Å². The van der Waals surface area contributed by atoms with E-state index in [2.05, 4.69) is 16.4 Å². The lowest BCUT2D eigenvalue weighted by Gasteiger charge is -2.15. The van der Waals surface area contributed by atoms with Crippen molar-refractivity contribution in [1.82, 2.24) is 16.4 Å². The number of nitrogens with one attached hydrogen (secondary N) is 3. The summed E-state index contributed by atoms with van der Waals surface area (Å²) in [4.78, 5) is 10.9. The molecule has 92 valence electrons. The number of anilines is 1. The zero-order valence-electron chi connectivity index (χ0n) is 8.21. The Hall–Kier alpha value is -1.61. The molecule has 0 radical (unpaired) electrons. The van der Waals surface area contributed by atoms with Crippen molar-refractivity contribution >= 4 is 23.5 Å². The molecule has 0 saturated carbocycles. The van der Waals surface area contributed by atoms with Crippen molar-refractivity contribution in [3.63, 3.8) is 0 Å². The summed E-state index contributed by atoms with van der Waals surface area (Å²) in [5.41, 5.74) is 3.33. The highest BCUT2D eigenvalue weighted by atomic mass is 32.2. The normalized spacial score (nSPS) is 15.7. The summed E-state index contributed by atoms with van der Waals surface area (Å²) in [5.74, 6) is 0. The van der Waals surface area contributed by atoms with E-state index in [1.807, 2.05) is 0 Å². The van der Waals surface area contributed by atoms with Crippen molar-refractivity contribution in [2.45, 2.75) is 10.4 Å². The van der Waals surface area contributed by atoms with Gasteiger partial charge in [-0.1, -0.05) is 0 Å². The number of amides is 2.